The van der Waals surface area contributed by atoms with Gasteiger partial charge in [0, 0.05) is 22.6 Å². The van der Waals surface area contributed by atoms with E-state index in [-0.39, 0.29) is 23.3 Å². The van der Waals surface area contributed by atoms with Crippen molar-refractivity contribution in [3.63, 3.8) is 0 Å². The van der Waals surface area contributed by atoms with Crippen LogP contribution in [0.3, 0.4) is 0 Å². The molecule has 0 radical (unpaired) electrons. The molecule has 0 aliphatic rings. The summed E-state index contributed by atoms with van der Waals surface area (Å²) in [5, 5.41) is 18.1. The highest BCUT2D eigenvalue weighted by Crippen LogP contribution is 2.38. The second-order valence-corrected chi connectivity index (χ2v) is 7.49. The normalized spacial score (nSPS) is 11.0. The summed E-state index contributed by atoms with van der Waals surface area (Å²) >= 11 is 1.39. The molecule has 1 aromatic heterocycles. The molecule has 3 aromatic rings. The van der Waals surface area contributed by atoms with E-state index in [2.05, 4.69) is 15.5 Å². The molecular weight excluding hydrogens is 420 g/mol. The molecule has 0 atom stereocenters. The van der Waals surface area contributed by atoms with Crippen molar-refractivity contribution in [3.05, 3.63) is 57.5 Å². The summed E-state index contributed by atoms with van der Waals surface area (Å²) < 4.78 is 16.1. The fourth-order valence-corrected chi connectivity index (χ4v) is 3.39. The van der Waals surface area contributed by atoms with Crippen molar-refractivity contribution in [2.45, 2.75) is 20.0 Å². The van der Waals surface area contributed by atoms with E-state index in [1.165, 1.54) is 30.7 Å². The van der Waals surface area contributed by atoms with Crippen LogP contribution in [-0.4, -0.2) is 36.4 Å². The molecule has 1 heterocycles. The molecule has 0 saturated carbocycles. The summed E-state index contributed by atoms with van der Waals surface area (Å²) in [5.74, 6) is 1.10. The van der Waals surface area contributed by atoms with Crippen LogP contribution >= 0.6 is 11.3 Å². The van der Waals surface area contributed by atoms with Crippen LogP contribution in [0.15, 0.2) is 46.9 Å². The Morgan fingerprint density at radius 2 is 2.03 bits per heavy atom. The van der Waals surface area contributed by atoms with Gasteiger partial charge in [0.25, 0.3) is 0 Å². The van der Waals surface area contributed by atoms with Crippen LogP contribution in [0.25, 0.3) is 11.3 Å². The molecule has 0 amide bonds. The van der Waals surface area contributed by atoms with Crippen LogP contribution in [0.1, 0.15) is 19.4 Å². The Kier molecular flexibility index (Phi) is 7.03. The highest BCUT2D eigenvalue weighted by Gasteiger charge is 2.23. The zero-order valence-electron chi connectivity index (χ0n) is 17.5. The highest BCUT2D eigenvalue weighted by atomic mass is 32.1. The maximum absolute atomic E-state index is 11.5. The minimum absolute atomic E-state index is 0.0930. The summed E-state index contributed by atoms with van der Waals surface area (Å²) in [6.45, 7) is 3.58. The van der Waals surface area contributed by atoms with Crippen molar-refractivity contribution in [2.24, 2.45) is 5.10 Å². The van der Waals surface area contributed by atoms with E-state index < -0.39 is 4.92 Å². The van der Waals surface area contributed by atoms with Crippen LogP contribution < -0.4 is 19.6 Å². The van der Waals surface area contributed by atoms with Gasteiger partial charge in [0.15, 0.2) is 5.75 Å². The van der Waals surface area contributed by atoms with Gasteiger partial charge in [-0.05, 0) is 32.0 Å². The number of thiazole rings is 1. The number of ether oxygens (including phenoxy) is 3. The van der Waals surface area contributed by atoms with Gasteiger partial charge in [0.2, 0.25) is 10.9 Å². The van der Waals surface area contributed by atoms with E-state index >= 15 is 0 Å². The number of nitrogens with zero attached hydrogens (tertiary/aromatic N) is 3. The Hall–Kier alpha value is -3.66. The lowest BCUT2D eigenvalue weighted by Gasteiger charge is -2.14. The molecule has 0 fully saturated rings. The SMILES string of the molecule is COc1cccc(-c2csc(N/N=C\c3cc(OC)c(OC(C)C)c([N+](=O)[O-])c3)n2)c1. The van der Waals surface area contributed by atoms with Gasteiger partial charge >= 0.3 is 5.69 Å². The van der Waals surface area contributed by atoms with Gasteiger partial charge in [-0.15, -0.1) is 11.3 Å². The monoisotopic (exact) mass is 442 g/mol. The van der Waals surface area contributed by atoms with Gasteiger partial charge in [0.05, 0.1) is 37.2 Å². The third-order valence-electron chi connectivity index (χ3n) is 4.07. The van der Waals surface area contributed by atoms with Crippen molar-refractivity contribution in [3.8, 4) is 28.5 Å². The van der Waals surface area contributed by atoms with Crippen molar-refractivity contribution in [1.29, 1.82) is 0 Å². The first-order valence-corrected chi connectivity index (χ1v) is 10.2. The molecule has 1 N–H and O–H groups in total. The lowest BCUT2D eigenvalue weighted by molar-refractivity contribution is -0.386. The molecule has 0 saturated heterocycles. The Labute approximate surface area is 183 Å². The van der Waals surface area contributed by atoms with Crippen LogP contribution in [0.2, 0.25) is 0 Å². The summed E-state index contributed by atoms with van der Waals surface area (Å²) in [6, 6.07) is 10.6. The number of hydrogen-bond acceptors (Lipinski definition) is 9. The number of methoxy groups -OCH3 is 2. The van der Waals surface area contributed by atoms with E-state index in [4.69, 9.17) is 14.2 Å². The van der Waals surface area contributed by atoms with E-state index in [1.807, 2.05) is 29.6 Å². The van der Waals surface area contributed by atoms with Gasteiger partial charge in [-0.1, -0.05) is 12.1 Å². The predicted molar refractivity (Wildman–Crippen MR) is 121 cm³/mol. The van der Waals surface area contributed by atoms with E-state index in [1.54, 1.807) is 27.0 Å². The topological polar surface area (TPSA) is 108 Å². The minimum atomic E-state index is -0.508. The van der Waals surface area contributed by atoms with Gasteiger partial charge in [-0.25, -0.2) is 4.98 Å². The summed E-state index contributed by atoms with van der Waals surface area (Å²) in [6.07, 6.45) is 1.22. The number of nitro benzene ring substituents is 1. The third-order valence-corrected chi connectivity index (χ3v) is 4.82. The molecule has 2 aromatic carbocycles. The molecule has 31 heavy (non-hydrogen) atoms. The van der Waals surface area contributed by atoms with Crippen molar-refractivity contribution in [2.75, 3.05) is 19.6 Å². The van der Waals surface area contributed by atoms with Crippen molar-refractivity contribution in [1.82, 2.24) is 4.98 Å². The molecule has 0 bridgehead atoms. The molecule has 0 aliphatic carbocycles. The standard InChI is InChI=1S/C21H22N4O5S/c1-13(2)30-20-18(25(26)27)8-14(9-19(20)29-4)11-22-24-21-23-17(12-31-21)15-6-5-7-16(10-15)28-3/h5-13H,1-4H3,(H,23,24)/b22-11-. The fraction of sp³-hybridized carbons (Fsp3) is 0.238. The summed E-state index contributed by atoms with van der Waals surface area (Å²) in [5.41, 5.74) is 4.85. The first kappa shape index (κ1) is 22.0. The van der Waals surface area contributed by atoms with Crippen LogP contribution in [-0.2, 0) is 0 Å². The largest absolute Gasteiger partial charge is 0.497 e. The number of rotatable bonds is 9. The Balaban J connectivity index is 1.78. The second kappa shape index (κ2) is 9.90. The molecular formula is C21H22N4O5S. The van der Waals surface area contributed by atoms with Crippen molar-refractivity contribution < 1.29 is 19.1 Å². The first-order chi connectivity index (χ1) is 14.9. The maximum Gasteiger partial charge on any atom is 0.315 e. The number of nitro groups is 1. The minimum Gasteiger partial charge on any atom is -0.497 e. The smallest absolute Gasteiger partial charge is 0.315 e. The molecule has 10 heteroatoms. The van der Waals surface area contributed by atoms with E-state index in [0.29, 0.717) is 10.7 Å². The molecule has 162 valence electrons. The number of hydrogen-bond donors (Lipinski definition) is 1. The van der Waals surface area contributed by atoms with Crippen LogP contribution in [0.4, 0.5) is 10.8 Å². The van der Waals surface area contributed by atoms with E-state index in [9.17, 15) is 10.1 Å². The second-order valence-electron chi connectivity index (χ2n) is 6.63. The van der Waals surface area contributed by atoms with Gasteiger partial charge < -0.3 is 14.2 Å². The van der Waals surface area contributed by atoms with Crippen molar-refractivity contribution >= 4 is 28.4 Å². The predicted octanol–water partition coefficient (Wildman–Crippen LogP) is 4.97. The van der Waals surface area contributed by atoms with Gasteiger partial charge in [-0.2, -0.15) is 5.10 Å². The molecule has 9 nitrogen and oxygen atoms in total. The van der Waals surface area contributed by atoms with E-state index in [0.717, 1.165) is 17.0 Å². The first-order valence-electron chi connectivity index (χ1n) is 9.33. The number of hydrazone groups is 1. The summed E-state index contributed by atoms with van der Waals surface area (Å²) in [4.78, 5) is 15.5. The van der Waals surface area contributed by atoms with Gasteiger partial charge in [0.1, 0.15) is 5.75 Å². The Morgan fingerprint density at radius 3 is 2.71 bits per heavy atom. The van der Waals surface area contributed by atoms with Crippen LogP contribution in [0, 0.1) is 10.1 Å². The van der Waals surface area contributed by atoms with Gasteiger partial charge in [-0.3, -0.25) is 15.5 Å². The zero-order chi connectivity index (χ0) is 22.4. The number of anilines is 1. The highest BCUT2D eigenvalue weighted by molar-refractivity contribution is 7.14. The fourth-order valence-electron chi connectivity index (χ4n) is 2.73. The zero-order valence-corrected chi connectivity index (χ0v) is 18.3. The lowest BCUT2D eigenvalue weighted by Crippen LogP contribution is -2.09. The molecule has 3 rings (SSSR count). The quantitative estimate of drug-likeness (QED) is 0.283. The number of nitrogens with one attached hydrogen (secondary N) is 1. The molecule has 0 unspecified atom stereocenters. The Morgan fingerprint density at radius 1 is 1.23 bits per heavy atom. The van der Waals surface area contributed by atoms with Crippen LogP contribution in [0.5, 0.6) is 17.2 Å². The average Bonchev–Trinajstić information content (AvgIpc) is 3.23. The molecule has 0 spiro atoms. The molecule has 0 aliphatic heterocycles. The number of aromatic nitrogens is 1. The third kappa shape index (κ3) is 5.48. The maximum atomic E-state index is 11.5. The Bertz CT molecular complexity index is 1100. The number of benzene rings is 2. The lowest BCUT2D eigenvalue weighted by atomic mass is 10.2. The summed E-state index contributed by atoms with van der Waals surface area (Å²) in [7, 11) is 3.05. The average molecular weight is 442 g/mol.